The molecule has 1 aliphatic rings. The Morgan fingerprint density at radius 2 is 2.00 bits per heavy atom. The molecule has 0 aliphatic heterocycles. The first-order chi connectivity index (χ1) is 13.7. The van der Waals surface area contributed by atoms with Crippen molar-refractivity contribution in [3.63, 3.8) is 0 Å². The summed E-state index contributed by atoms with van der Waals surface area (Å²) in [5, 5.41) is 6.92. The molecule has 1 fully saturated rings. The lowest BCUT2D eigenvalue weighted by Crippen LogP contribution is -2.46. The van der Waals surface area contributed by atoms with Gasteiger partial charge in [0.15, 0.2) is 5.96 Å². The zero-order chi connectivity index (χ0) is 19.7. The molecular formula is C22H33N5O. The van der Waals surface area contributed by atoms with Gasteiger partial charge >= 0.3 is 0 Å². The minimum absolute atomic E-state index is 0.376. The normalized spacial score (nSPS) is 15.9. The molecule has 2 N–H and O–H groups in total. The first kappa shape index (κ1) is 20.4. The minimum atomic E-state index is 0.376. The lowest BCUT2D eigenvalue weighted by molar-refractivity contribution is 0.0732. The van der Waals surface area contributed by atoms with Gasteiger partial charge in [-0.25, -0.2) is 9.98 Å². The van der Waals surface area contributed by atoms with Crippen molar-refractivity contribution in [1.82, 2.24) is 20.2 Å². The lowest BCUT2D eigenvalue weighted by atomic mass is 9.67. The first-order valence-corrected chi connectivity index (χ1v) is 10.3. The fourth-order valence-electron chi connectivity index (χ4n) is 3.63. The van der Waals surface area contributed by atoms with Crippen LogP contribution in [0.3, 0.4) is 0 Å². The average Bonchev–Trinajstić information content (AvgIpc) is 3.19. The van der Waals surface area contributed by atoms with E-state index in [1.54, 1.807) is 13.3 Å². The molecular weight excluding hydrogens is 350 g/mol. The SMILES string of the molecule is CCNC(=NCc1ccc(Cn2ccnc2)cc1)NCC1(CCOC)CCC1. The van der Waals surface area contributed by atoms with Crippen LogP contribution in [0.4, 0.5) is 0 Å². The number of ether oxygens (including phenoxy) is 1. The van der Waals surface area contributed by atoms with E-state index in [1.165, 1.54) is 30.4 Å². The highest BCUT2D eigenvalue weighted by Gasteiger charge is 2.36. The van der Waals surface area contributed by atoms with E-state index in [9.17, 15) is 0 Å². The second-order valence-electron chi connectivity index (χ2n) is 7.70. The van der Waals surface area contributed by atoms with Crippen LogP contribution in [0.15, 0.2) is 48.0 Å². The molecule has 1 saturated carbocycles. The van der Waals surface area contributed by atoms with Gasteiger partial charge < -0.3 is 19.9 Å². The molecule has 28 heavy (non-hydrogen) atoms. The number of aliphatic imine (C=N–C) groups is 1. The van der Waals surface area contributed by atoms with Gasteiger partial charge in [0.2, 0.25) is 0 Å². The molecule has 0 spiro atoms. The molecule has 1 heterocycles. The summed E-state index contributed by atoms with van der Waals surface area (Å²) in [6.45, 7) is 6.28. The predicted octanol–water partition coefficient (Wildman–Crippen LogP) is 3.19. The zero-order valence-electron chi connectivity index (χ0n) is 17.2. The highest BCUT2D eigenvalue weighted by atomic mass is 16.5. The van der Waals surface area contributed by atoms with E-state index in [-0.39, 0.29) is 0 Å². The molecule has 0 atom stereocenters. The number of imidazole rings is 1. The predicted molar refractivity (Wildman–Crippen MR) is 113 cm³/mol. The maximum atomic E-state index is 5.30. The molecule has 1 aromatic carbocycles. The molecule has 0 radical (unpaired) electrons. The van der Waals surface area contributed by atoms with E-state index >= 15 is 0 Å². The quantitative estimate of drug-likeness (QED) is 0.489. The molecule has 3 rings (SSSR count). The molecule has 0 bridgehead atoms. The third-order valence-corrected chi connectivity index (χ3v) is 5.59. The van der Waals surface area contributed by atoms with Crippen molar-refractivity contribution in [2.45, 2.75) is 45.7 Å². The third kappa shape index (κ3) is 5.83. The number of rotatable bonds is 10. The Hall–Kier alpha value is -2.34. The summed E-state index contributed by atoms with van der Waals surface area (Å²) >= 11 is 0. The summed E-state index contributed by atoms with van der Waals surface area (Å²) in [7, 11) is 1.78. The Kier molecular flexibility index (Phi) is 7.48. The van der Waals surface area contributed by atoms with Crippen LogP contribution < -0.4 is 10.6 Å². The van der Waals surface area contributed by atoms with Crippen LogP contribution in [0.1, 0.15) is 43.7 Å². The van der Waals surface area contributed by atoms with Gasteiger partial charge in [-0.05, 0) is 42.7 Å². The maximum Gasteiger partial charge on any atom is 0.191 e. The topological polar surface area (TPSA) is 63.5 Å². The second-order valence-corrected chi connectivity index (χ2v) is 7.70. The molecule has 1 aromatic heterocycles. The van der Waals surface area contributed by atoms with E-state index < -0.39 is 0 Å². The van der Waals surface area contributed by atoms with Crippen LogP contribution in [0.25, 0.3) is 0 Å². The van der Waals surface area contributed by atoms with Crippen LogP contribution in [0.5, 0.6) is 0 Å². The average molecular weight is 384 g/mol. The van der Waals surface area contributed by atoms with Crippen LogP contribution in [0, 0.1) is 5.41 Å². The summed E-state index contributed by atoms with van der Waals surface area (Å²) in [5.41, 5.74) is 2.85. The van der Waals surface area contributed by atoms with E-state index in [2.05, 4.69) is 51.4 Å². The molecule has 6 nitrogen and oxygen atoms in total. The van der Waals surface area contributed by atoms with Crippen molar-refractivity contribution in [1.29, 1.82) is 0 Å². The smallest absolute Gasteiger partial charge is 0.191 e. The molecule has 1 aliphatic carbocycles. The van der Waals surface area contributed by atoms with Crippen molar-refractivity contribution < 1.29 is 4.74 Å². The van der Waals surface area contributed by atoms with Gasteiger partial charge in [0.1, 0.15) is 0 Å². The monoisotopic (exact) mass is 383 g/mol. The largest absolute Gasteiger partial charge is 0.385 e. The minimum Gasteiger partial charge on any atom is -0.385 e. The third-order valence-electron chi connectivity index (χ3n) is 5.59. The van der Waals surface area contributed by atoms with Gasteiger partial charge in [0.05, 0.1) is 12.9 Å². The fraction of sp³-hybridized carbons (Fsp3) is 0.545. The first-order valence-electron chi connectivity index (χ1n) is 10.3. The van der Waals surface area contributed by atoms with Gasteiger partial charge in [0.25, 0.3) is 0 Å². The Morgan fingerprint density at radius 3 is 2.61 bits per heavy atom. The number of aromatic nitrogens is 2. The van der Waals surface area contributed by atoms with Gasteiger partial charge in [-0.3, -0.25) is 0 Å². The standard InChI is InChI=1S/C22H33N5O/c1-3-24-21(26-17-22(9-4-10-22)11-14-28-2)25-15-19-5-7-20(8-6-19)16-27-13-12-23-18-27/h5-8,12-13,18H,3-4,9-11,14-17H2,1-2H3,(H2,24,25,26). The zero-order valence-corrected chi connectivity index (χ0v) is 17.2. The fourth-order valence-corrected chi connectivity index (χ4v) is 3.63. The summed E-state index contributed by atoms with van der Waals surface area (Å²) in [4.78, 5) is 8.87. The summed E-state index contributed by atoms with van der Waals surface area (Å²) in [6, 6.07) is 8.65. The Bertz CT molecular complexity index is 720. The maximum absolute atomic E-state index is 5.30. The molecule has 0 amide bonds. The van der Waals surface area contributed by atoms with Crippen molar-refractivity contribution in [2.75, 3.05) is 26.8 Å². The Labute approximate surface area is 168 Å². The lowest BCUT2D eigenvalue weighted by Gasteiger charge is -2.42. The van der Waals surface area contributed by atoms with Crippen LogP contribution in [0.2, 0.25) is 0 Å². The van der Waals surface area contributed by atoms with Crippen molar-refractivity contribution in [3.05, 3.63) is 54.1 Å². The number of hydrogen-bond acceptors (Lipinski definition) is 3. The van der Waals surface area contributed by atoms with E-state index in [0.717, 1.165) is 38.6 Å². The van der Waals surface area contributed by atoms with E-state index in [4.69, 9.17) is 9.73 Å². The Morgan fingerprint density at radius 1 is 1.21 bits per heavy atom. The molecule has 152 valence electrons. The molecule has 6 heteroatoms. The van der Waals surface area contributed by atoms with Crippen molar-refractivity contribution in [3.8, 4) is 0 Å². The molecule has 0 unspecified atom stereocenters. The summed E-state index contributed by atoms with van der Waals surface area (Å²) in [5.74, 6) is 0.897. The number of nitrogens with one attached hydrogen (secondary N) is 2. The van der Waals surface area contributed by atoms with Crippen molar-refractivity contribution in [2.24, 2.45) is 10.4 Å². The molecule has 0 saturated heterocycles. The highest BCUT2D eigenvalue weighted by Crippen LogP contribution is 2.43. The Balaban J connectivity index is 1.53. The number of hydrogen-bond donors (Lipinski definition) is 2. The van der Waals surface area contributed by atoms with Gasteiger partial charge in [-0.15, -0.1) is 0 Å². The van der Waals surface area contributed by atoms with Crippen LogP contribution >= 0.6 is 0 Å². The van der Waals surface area contributed by atoms with Gasteiger partial charge in [-0.2, -0.15) is 0 Å². The highest BCUT2D eigenvalue weighted by molar-refractivity contribution is 5.79. The number of benzene rings is 1. The van der Waals surface area contributed by atoms with Crippen molar-refractivity contribution >= 4 is 5.96 Å². The number of methoxy groups -OCH3 is 1. The van der Waals surface area contributed by atoms with E-state index in [0.29, 0.717) is 12.0 Å². The van der Waals surface area contributed by atoms with Gasteiger partial charge in [0, 0.05) is 45.7 Å². The molecule has 2 aromatic rings. The van der Waals surface area contributed by atoms with E-state index in [1.807, 2.05) is 12.5 Å². The summed E-state index contributed by atoms with van der Waals surface area (Å²) in [6.07, 6.45) is 10.6. The number of guanidine groups is 1. The van der Waals surface area contributed by atoms with Crippen LogP contribution in [-0.2, 0) is 17.8 Å². The van der Waals surface area contributed by atoms with Crippen LogP contribution in [-0.4, -0.2) is 42.3 Å². The second kappa shape index (κ2) is 10.3. The summed E-state index contributed by atoms with van der Waals surface area (Å²) < 4.78 is 7.37. The number of nitrogens with zero attached hydrogens (tertiary/aromatic N) is 3. The van der Waals surface area contributed by atoms with Gasteiger partial charge in [-0.1, -0.05) is 30.7 Å².